The fourth-order valence-electron chi connectivity index (χ4n) is 1.47. The van der Waals surface area contributed by atoms with Gasteiger partial charge in [0.1, 0.15) is 0 Å². The molecule has 80 valence electrons. The number of hydrogen-bond donors (Lipinski definition) is 1. The van der Waals surface area contributed by atoms with Crippen LogP contribution in [-0.2, 0) is 6.18 Å². The van der Waals surface area contributed by atoms with Crippen LogP contribution in [0.2, 0.25) is 0 Å². The molecule has 0 spiro atoms. The van der Waals surface area contributed by atoms with Crippen molar-refractivity contribution >= 4 is 5.69 Å². The van der Waals surface area contributed by atoms with Crippen LogP contribution in [0, 0.1) is 0 Å². The van der Waals surface area contributed by atoms with Crippen molar-refractivity contribution < 1.29 is 13.2 Å². The number of hydrazine groups is 1. The number of hydrogen-bond acceptors (Lipinski definition) is 2. The van der Waals surface area contributed by atoms with Crippen LogP contribution in [0.15, 0.2) is 36.5 Å². The largest absolute Gasteiger partial charge is 0.418 e. The highest BCUT2D eigenvalue weighted by atomic mass is 19.4. The Balaban J connectivity index is 2.38. The summed E-state index contributed by atoms with van der Waals surface area (Å²) >= 11 is 0. The van der Waals surface area contributed by atoms with Gasteiger partial charge in [-0.1, -0.05) is 12.1 Å². The summed E-state index contributed by atoms with van der Waals surface area (Å²) in [5, 5.41) is 1.45. The van der Waals surface area contributed by atoms with Gasteiger partial charge in [-0.3, -0.25) is 5.01 Å². The van der Waals surface area contributed by atoms with Crippen LogP contribution in [0.25, 0.3) is 0 Å². The molecule has 1 aliphatic heterocycles. The second-order valence-electron chi connectivity index (χ2n) is 3.16. The lowest BCUT2D eigenvalue weighted by molar-refractivity contribution is -0.137. The van der Waals surface area contributed by atoms with Gasteiger partial charge >= 0.3 is 6.18 Å². The van der Waals surface area contributed by atoms with E-state index in [0.29, 0.717) is 6.54 Å². The summed E-state index contributed by atoms with van der Waals surface area (Å²) in [4.78, 5) is 0. The number of halogens is 3. The third-order valence-electron chi connectivity index (χ3n) is 2.14. The zero-order valence-corrected chi connectivity index (χ0v) is 7.75. The van der Waals surface area contributed by atoms with Gasteiger partial charge in [-0.05, 0) is 18.2 Å². The monoisotopic (exact) mass is 214 g/mol. The van der Waals surface area contributed by atoms with E-state index in [1.54, 1.807) is 18.3 Å². The van der Waals surface area contributed by atoms with E-state index in [1.807, 2.05) is 0 Å². The van der Waals surface area contributed by atoms with Gasteiger partial charge in [0.2, 0.25) is 0 Å². The van der Waals surface area contributed by atoms with Crippen LogP contribution < -0.4 is 10.4 Å². The van der Waals surface area contributed by atoms with E-state index >= 15 is 0 Å². The lowest BCUT2D eigenvalue weighted by atomic mass is 10.1. The number of alkyl halides is 3. The first kappa shape index (κ1) is 9.89. The van der Waals surface area contributed by atoms with Gasteiger partial charge in [-0.25, -0.2) is 0 Å². The Labute approximate surface area is 85.0 Å². The number of benzene rings is 1. The molecule has 0 aliphatic carbocycles. The molecule has 5 heteroatoms. The molecule has 1 aromatic rings. The first-order valence-corrected chi connectivity index (χ1v) is 4.44. The molecule has 2 rings (SSSR count). The van der Waals surface area contributed by atoms with Crippen molar-refractivity contribution in [1.82, 2.24) is 5.43 Å². The quantitative estimate of drug-likeness (QED) is 0.772. The number of anilines is 1. The first-order valence-electron chi connectivity index (χ1n) is 4.44. The predicted octanol–water partition coefficient (Wildman–Crippen LogP) is 2.54. The van der Waals surface area contributed by atoms with Crippen LogP contribution in [0.4, 0.5) is 18.9 Å². The van der Waals surface area contributed by atoms with Gasteiger partial charge in [0.15, 0.2) is 0 Å². The van der Waals surface area contributed by atoms with Crippen molar-refractivity contribution in [1.29, 1.82) is 0 Å². The fourth-order valence-corrected chi connectivity index (χ4v) is 1.47. The number of nitrogens with zero attached hydrogens (tertiary/aromatic N) is 1. The van der Waals surface area contributed by atoms with E-state index in [1.165, 1.54) is 17.1 Å². The Bertz CT molecular complexity index is 376. The minimum atomic E-state index is -4.32. The Hall–Kier alpha value is -1.65. The molecule has 0 saturated heterocycles. The second-order valence-corrected chi connectivity index (χ2v) is 3.16. The summed E-state index contributed by atoms with van der Waals surface area (Å²) in [5.41, 5.74) is 2.26. The van der Waals surface area contributed by atoms with Crippen LogP contribution in [-0.4, -0.2) is 6.54 Å². The van der Waals surface area contributed by atoms with Gasteiger partial charge in [-0.15, -0.1) is 0 Å². The van der Waals surface area contributed by atoms with Crippen LogP contribution >= 0.6 is 0 Å². The van der Waals surface area contributed by atoms with Crippen molar-refractivity contribution in [2.75, 3.05) is 11.6 Å². The van der Waals surface area contributed by atoms with Gasteiger partial charge in [0, 0.05) is 6.20 Å². The van der Waals surface area contributed by atoms with Gasteiger partial charge in [0.25, 0.3) is 0 Å². The van der Waals surface area contributed by atoms with Crippen molar-refractivity contribution in [2.45, 2.75) is 6.18 Å². The van der Waals surface area contributed by atoms with E-state index in [0.717, 1.165) is 6.07 Å². The van der Waals surface area contributed by atoms with Crippen molar-refractivity contribution in [3.63, 3.8) is 0 Å². The Morgan fingerprint density at radius 1 is 1.20 bits per heavy atom. The summed E-state index contributed by atoms with van der Waals surface area (Å²) < 4.78 is 37.9. The molecule has 0 amide bonds. The molecule has 0 radical (unpaired) electrons. The van der Waals surface area contributed by atoms with Crippen LogP contribution in [0.1, 0.15) is 5.56 Å². The molecule has 0 atom stereocenters. The molecule has 0 unspecified atom stereocenters. The molecule has 1 aliphatic rings. The van der Waals surface area contributed by atoms with E-state index in [9.17, 15) is 13.2 Å². The molecular weight excluding hydrogens is 205 g/mol. The maximum Gasteiger partial charge on any atom is 0.418 e. The van der Waals surface area contributed by atoms with Crippen molar-refractivity contribution in [3.8, 4) is 0 Å². The van der Waals surface area contributed by atoms with E-state index in [-0.39, 0.29) is 5.69 Å². The minimum Gasteiger partial charge on any atom is -0.306 e. The number of rotatable bonds is 1. The lowest BCUT2D eigenvalue weighted by Crippen LogP contribution is -2.31. The third kappa shape index (κ3) is 1.91. The smallest absolute Gasteiger partial charge is 0.306 e. The lowest BCUT2D eigenvalue weighted by Gasteiger charge is -2.22. The van der Waals surface area contributed by atoms with E-state index < -0.39 is 11.7 Å². The summed E-state index contributed by atoms with van der Waals surface area (Å²) in [6, 6.07) is 5.50. The molecule has 1 heterocycles. The standard InChI is InChI=1S/C10H9F3N2/c11-10(12,13)8-4-1-2-5-9(8)15-7-3-6-14-15/h1-6,14H,7H2. The van der Waals surface area contributed by atoms with Gasteiger partial charge < -0.3 is 5.43 Å². The normalized spacial score (nSPS) is 15.5. The molecule has 0 bridgehead atoms. The zero-order chi connectivity index (χ0) is 10.9. The predicted molar refractivity (Wildman–Crippen MR) is 51.1 cm³/mol. The summed E-state index contributed by atoms with van der Waals surface area (Å²) in [5.74, 6) is 0. The average Bonchev–Trinajstić information content (AvgIpc) is 2.69. The molecule has 1 N–H and O–H groups in total. The van der Waals surface area contributed by atoms with Gasteiger partial charge in [-0.2, -0.15) is 13.2 Å². The van der Waals surface area contributed by atoms with Crippen molar-refractivity contribution in [3.05, 3.63) is 42.1 Å². The SMILES string of the molecule is FC(F)(F)c1ccccc1N1CC=CN1. The average molecular weight is 214 g/mol. The van der Waals surface area contributed by atoms with Crippen LogP contribution in [0.3, 0.4) is 0 Å². The Kier molecular flexibility index (Phi) is 2.30. The van der Waals surface area contributed by atoms with E-state index in [4.69, 9.17) is 0 Å². The van der Waals surface area contributed by atoms with Crippen molar-refractivity contribution in [2.24, 2.45) is 0 Å². The van der Waals surface area contributed by atoms with Gasteiger partial charge in [0.05, 0.1) is 17.8 Å². The second kappa shape index (κ2) is 3.49. The summed E-state index contributed by atoms with van der Waals surface area (Å²) in [6.07, 6.45) is -0.943. The molecule has 15 heavy (non-hydrogen) atoms. The third-order valence-corrected chi connectivity index (χ3v) is 2.14. The summed E-state index contributed by atoms with van der Waals surface area (Å²) in [7, 11) is 0. The first-order chi connectivity index (χ1) is 7.09. The number of nitrogens with one attached hydrogen (secondary N) is 1. The minimum absolute atomic E-state index is 0.148. The Morgan fingerprint density at radius 2 is 1.93 bits per heavy atom. The van der Waals surface area contributed by atoms with E-state index in [2.05, 4.69) is 5.43 Å². The topological polar surface area (TPSA) is 15.3 Å². The molecule has 0 saturated carbocycles. The summed E-state index contributed by atoms with van der Waals surface area (Å²) in [6.45, 7) is 0.438. The molecule has 0 aromatic heterocycles. The Morgan fingerprint density at radius 3 is 2.53 bits per heavy atom. The fraction of sp³-hybridized carbons (Fsp3) is 0.200. The zero-order valence-electron chi connectivity index (χ0n) is 7.75. The maximum absolute atomic E-state index is 12.6. The van der Waals surface area contributed by atoms with Crippen LogP contribution in [0.5, 0.6) is 0 Å². The highest BCUT2D eigenvalue weighted by Gasteiger charge is 2.34. The highest BCUT2D eigenvalue weighted by Crippen LogP contribution is 2.36. The maximum atomic E-state index is 12.6. The molecule has 1 aromatic carbocycles. The number of para-hydroxylation sites is 1. The highest BCUT2D eigenvalue weighted by molar-refractivity contribution is 5.55. The molecule has 0 fully saturated rings. The molecule has 2 nitrogen and oxygen atoms in total. The molecular formula is C10H9F3N2.